The lowest BCUT2D eigenvalue weighted by Gasteiger charge is -2.31. The van der Waals surface area contributed by atoms with Crippen LogP contribution in [0.4, 0.5) is 0 Å². The third-order valence-corrected chi connectivity index (χ3v) is 5.18. The summed E-state index contributed by atoms with van der Waals surface area (Å²) in [7, 11) is 3.89. The molecule has 0 spiro atoms. The molecule has 3 rings (SSSR count). The molecular weight excluding hydrogens is 390 g/mol. The Morgan fingerprint density at radius 3 is 1.97 bits per heavy atom. The first kappa shape index (κ1) is 21.6. The molecule has 8 nitrogen and oxygen atoms in total. The smallest absolute Gasteiger partial charge is 0.337 e. The Morgan fingerprint density at radius 2 is 1.50 bits per heavy atom. The summed E-state index contributed by atoms with van der Waals surface area (Å²) in [6.07, 6.45) is 5.27. The number of ether oxygens (including phenoxy) is 4. The number of hydrogen-bond donors (Lipinski definition) is 0. The first-order valence-electron chi connectivity index (χ1n) is 9.64. The van der Waals surface area contributed by atoms with E-state index in [0.29, 0.717) is 35.4 Å². The van der Waals surface area contributed by atoms with Gasteiger partial charge in [-0.1, -0.05) is 12.1 Å². The highest BCUT2D eigenvalue weighted by Crippen LogP contribution is 2.37. The monoisotopic (exact) mass is 415 g/mol. The highest BCUT2D eigenvalue weighted by atomic mass is 16.5. The molecule has 0 amide bonds. The third kappa shape index (κ3) is 4.54. The molecular formula is C22H25NO7. The lowest BCUT2D eigenvalue weighted by atomic mass is 9.83. The Hall–Kier alpha value is -3.13. The molecule has 0 saturated carbocycles. The molecule has 0 aromatic heterocycles. The number of rotatable bonds is 6. The average Bonchev–Trinajstić information content (AvgIpc) is 3.30. The van der Waals surface area contributed by atoms with Crippen molar-refractivity contribution in [3.8, 4) is 0 Å². The third-order valence-electron chi connectivity index (χ3n) is 5.18. The molecule has 2 heterocycles. The maximum absolute atomic E-state index is 12.6. The zero-order valence-corrected chi connectivity index (χ0v) is 17.3. The Labute approximate surface area is 175 Å². The van der Waals surface area contributed by atoms with Crippen LogP contribution in [0.1, 0.15) is 34.7 Å². The van der Waals surface area contributed by atoms with E-state index in [4.69, 9.17) is 18.9 Å². The Kier molecular flexibility index (Phi) is 6.89. The quantitative estimate of drug-likeness (QED) is 0.516. The summed E-state index contributed by atoms with van der Waals surface area (Å²) < 4.78 is 20.4. The topological polar surface area (TPSA) is 91.4 Å². The number of carbonyl (C=O) groups is 3. The number of nitrogens with zero attached hydrogens (tertiary/aromatic N) is 1. The van der Waals surface area contributed by atoms with Crippen LogP contribution in [-0.4, -0.2) is 63.4 Å². The fraction of sp³-hybridized carbons (Fsp3) is 0.409. The standard InChI is InChI=1S/C22H25NO7/c1-27-20(24)15-8-6-14(7-9-15)19-17(21(25)28-2)12-23(11-16-5-4-10-30-16)13-18(19)22(26)29-3/h6-9,12-13,16,19H,4-5,10-11H2,1-3H3. The molecule has 160 valence electrons. The van der Waals surface area contributed by atoms with Crippen LogP contribution in [0.3, 0.4) is 0 Å². The van der Waals surface area contributed by atoms with E-state index in [0.717, 1.165) is 12.8 Å². The molecule has 0 aliphatic carbocycles. The van der Waals surface area contributed by atoms with Crippen LogP contribution in [0.25, 0.3) is 0 Å². The zero-order chi connectivity index (χ0) is 21.7. The fourth-order valence-electron chi connectivity index (χ4n) is 3.71. The predicted molar refractivity (Wildman–Crippen MR) is 106 cm³/mol. The number of carbonyl (C=O) groups excluding carboxylic acids is 3. The minimum absolute atomic E-state index is 0.0196. The van der Waals surface area contributed by atoms with Gasteiger partial charge in [0.05, 0.1) is 50.1 Å². The van der Waals surface area contributed by atoms with E-state index in [-0.39, 0.29) is 6.10 Å². The van der Waals surface area contributed by atoms with Gasteiger partial charge in [-0.2, -0.15) is 0 Å². The van der Waals surface area contributed by atoms with Crippen molar-refractivity contribution in [1.82, 2.24) is 4.90 Å². The lowest BCUT2D eigenvalue weighted by molar-refractivity contribution is -0.137. The lowest BCUT2D eigenvalue weighted by Crippen LogP contribution is -2.32. The molecule has 1 aromatic carbocycles. The van der Waals surface area contributed by atoms with E-state index in [1.807, 2.05) is 0 Å². The summed E-state index contributed by atoms with van der Waals surface area (Å²) >= 11 is 0. The van der Waals surface area contributed by atoms with Gasteiger partial charge in [-0.3, -0.25) is 0 Å². The van der Waals surface area contributed by atoms with E-state index in [9.17, 15) is 14.4 Å². The molecule has 0 radical (unpaired) electrons. The van der Waals surface area contributed by atoms with Crippen molar-refractivity contribution in [3.05, 3.63) is 58.9 Å². The number of esters is 3. The van der Waals surface area contributed by atoms with Crippen LogP contribution in [-0.2, 0) is 28.5 Å². The summed E-state index contributed by atoms with van der Waals surface area (Å²) in [6.45, 7) is 1.21. The summed E-state index contributed by atoms with van der Waals surface area (Å²) in [5.74, 6) is -2.27. The Morgan fingerprint density at radius 1 is 0.933 bits per heavy atom. The molecule has 8 heteroatoms. The van der Waals surface area contributed by atoms with Crippen molar-refractivity contribution in [1.29, 1.82) is 0 Å². The van der Waals surface area contributed by atoms with Crippen LogP contribution < -0.4 is 0 Å². The van der Waals surface area contributed by atoms with Crippen LogP contribution in [0.2, 0.25) is 0 Å². The van der Waals surface area contributed by atoms with Gasteiger partial charge in [-0.15, -0.1) is 0 Å². The maximum Gasteiger partial charge on any atom is 0.337 e. The highest BCUT2D eigenvalue weighted by Gasteiger charge is 2.36. The largest absolute Gasteiger partial charge is 0.466 e. The van der Waals surface area contributed by atoms with Crippen molar-refractivity contribution in [3.63, 3.8) is 0 Å². The van der Waals surface area contributed by atoms with E-state index in [1.54, 1.807) is 41.6 Å². The second-order valence-corrected chi connectivity index (χ2v) is 7.03. The molecule has 1 atom stereocenters. The predicted octanol–water partition coefficient (Wildman–Crippen LogP) is 2.17. The molecule has 2 aliphatic heterocycles. The number of hydrogen-bond acceptors (Lipinski definition) is 8. The Balaban J connectivity index is 2.00. The van der Waals surface area contributed by atoms with Crippen molar-refractivity contribution >= 4 is 17.9 Å². The number of methoxy groups -OCH3 is 3. The minimum Gasteiger partial charge on any atom is -0.466 e. The van der Waals surface area contributed by atoms with E-state index in [1.165, 1.54) is 21.3 Å². The second kappa shape index (κ2) is 9.58. The molecule has 1 fully saturated rings. The summed E-state index contributed by atoms with van der Waals surface area (Å²) in [5, 5.41) is 0. The van der Waals surface area contributed by atoms with Crippen LogP contribution >= 0.6 is 0 Å². The molecule has 0 bridgehead atoms. The summed E-state index contributed by atoms with van der Waals surface area (Å²) in [4.78, 5) is 38.7. The first-order chi connectivity index (χ1) is 14.5. The normalized spacial score (nSPS) is 19.0. The van der Waals surface area contributed by atoms with Crippen molar-refractivity contribution in [2.45, 2.75) is 24.9 Å². The zero-order valence-electron chi connectivity index (χ0n) is 17.3. The maximum atomic E-state index is 12.6. The summed E-state index contributed by atoms with van der Waals surface area (Å²) in [5.41, 5.74) is 1.60. The number of benzene rings is 1. The molecule has 2 aliphatic rings. The average molecular weight is 415 g/mol. The molecule has 1 saturated heterocycles. The van der Waals surface area contributed by atoms with Crippen molar-refractivity contribution in [2.24, 2.45) is 0 Å². The van der Waals surface area contributed by atoms with Gasteiger partial charge in [0.2, 0.25) is 0 Å². The van der Waals surface area contributed by atoms with Gasteiger partial charge < -0.3 is 23.8 Å². The van der Waals surface area contributed by atoms with Gasteiger partial charge >= 0.3 is 17.9 Å². The molecule has 0 N–H and O–H groups in total. The SMILES string of the molecule is COC(=O)C1=CN(CC2CCCO2)C=C(C(=O)OC)C1c1ccc(C(=O)OC)cc1. The van der Waals surface area contributed by atoms with Gasteiger partial charge in [-0.05, 0) is 30.5 Å². The van der Waals surface area contributed by atoms with Gasteiger partial charge in [0.1, 0.15) is 0 Å². The second-order valence-electron chi connectivity index (χ2n) is 7.03. The van der Waals surface area contributed by atoms with Gasteiger partial charge in [0.15, 0.2) is 0 Å². The fourth-order valence-corrected chi connectivity index (χ4v) is 3.71. The van der Waals surface area contributed by atoms with Crippen LogP contribution in [0.15, 0.2) is 47.8 Å². The van der Waals surface area contributed by atoms with Crippen LogP contribution in [0, 0.1) is 0 Å². The summed E-state index contributed by atoms with van der Waals surface area (Å²) in [6, 6.07) is 6.54. The van der Waals surface area contributed by atoms with Crippen molar-refractivity contribution < 1.29 is 33.3 Å². The molecule has 1 unspecified atom stereocenters. The molecule has 1 aromatic rings. The van der Waals surface area contributed by atoms with E-state index in [2.05, 4.69) is 0 Å². The molecule has 30 heavy (non-hydrogen) atoms. The first-order valence-corrected chi connectivity index (χ1v) is 9.64. The minimum atomic E-state index is -0.697. The van der Waals surface area contributed by atoms with Gasteiger partial charge in [0, 0.05) is 25.6 Å². The van der Waals surface area contributed by atoms with E-state index >= 15 is 0 Å². The van der Waals surface area contributed by atoms with Gasteiger partial charge in [0.25, 0.3) is 0 Å². The Bertz CT molecular complexity index is 832. The van der Waals surface area contributed by atoms with E-state index < -0.39 is 23.8 Å². The van der Waals surface area contributed by atoms with Gasteiger partial charge in [-0.25, -0.2) is 14.4 Å². The van der Waals surface area contributed by atoms with Crippen LogP contribution in [0.5, 0.6) is 0 Å². The highest BCUT2D eigenvalue weighted by molar-refractivity contribution is 5.98. The van der Waals surface area contributed by atoms with Crippen molar-refractivity contribution in [2.75, 3.05) is 34.5 Å².